The first-order chi connectivity index (χ1) is 20.8. The summed E-state index contributed by atoms with van der Waals surface area (Å²) in [5.74, 6) is 0.663. The van der Waals surface area contributed by atoms with Crippen molar-refractivity contribution in [2.45, 2.75) is 39.3 Å². The Labute approximate surface area is 263 Å². The molecular formula is C33H30Cl2N2O5S. The van der Waals surface area contributed by atoms with E-state index in [1.807, 2.05) is 61.5 Å². The van der Waals surface area contributed by atoms with Gasteiger partial charge in [0.25, 0.3) is 5.56 Å². The Morgan fingerprint density at radius 2 is 1.81 bits per heavy atom. The minimum Gasteiger partial charge on any atom is -0.496 e. The van der Waals surface area contributed by atoms with Crippen LogP contribution < -0.4 is 24.4 Å². The number of methoxy groups -OCH3 is 1. The summed E-state index contributed by atoms with van der Waals surface area (Å²) in [4.78, 5) is 32.7. The van der Waals surface area contributed by atoms with Gasteiger partial charge in [0.2, 0.25) is 0 Å². The van der Waals surface area contributed by atoms with Crippen molar-refractivity contribution in [3.63, 3.8) is 0 Å². The quantitative estimate of drug-likeness (QED) is 0.186. The van der Waals surface area contributed by atoms with E-state index in [1.54, 1.807) is 36.8 Å². The fraction of sp³-hybridized carbons (Fsp3) is 0.242. The van der Waals surface area contributed by atoms with E-state index in [-0.39, 0.29) is 12.2 Å². The Morgan fingerprint density at radius 1 is 1.05 bits per heavy atom. The summed E-state index contributed by atoms with van der Waals surface area (Å²) in [6.07, 6.45) is 3.10. The van der Waals surface area contributed by atoms with Gasteiger partial charge in [-0.2, -0.15) is 0 Å². The SMILES string of the molecule is CCCC1=C(C(=O)OCC)[C@@H](c2cc(Cl)ccc2OC)n2c(s/c(=C/c3ccc(OCc4cccc(Cl)c4)cc3)c2=O)=N1. The van der Waals surface area contributed by atoms with Gasteiger partial charge in [-0.25, -0.2) is 9.79 Å². The molecule has 0 saturated carbocycles. The van der Waals surface area contributed by atoms with Gasteiger partial charge >= 0.3 is 5.97 Å². The zero-order valence-electron chi connectivity index (χ0n) is 23.9. The second kappa shape index (κ2) is 13.6. The van der Waals surface area contributed by atoms with Gasteiger partial charge < -0.3 is 14.2 Å². The van der Waals surface area contributed by atoms with Crippen LogP contribution in [0.15, 0.2) is 87.8 Å². The van der Waals surface area contributed by atoms with Gasteiger partial charge in [0.05, 0.1) is 29.5 Å². The molecule has 10 heteroatoms. The Bertz CT molecular complexity index is 1860. The number of allylic oxidation sites excluding steroid dienone is 1. The summed E-state index contributed by atoms with van der Waals surface area (Å²) in [5.41, 5.74) is 2.97. The van der Waals surface area contributed by atoms with Gasteiger partial charge in [-0.05, 0) is 73.0 Å². The lowest BCUT2D eigenvalue weighted by Crippen LogP contribution is -2.40. The third-order valence-electron chi connectivity index (χ3n) is 6.85. The number of benzene rings is 3. The standard InChI is InChI=1S/C33H30Cl2N2O5S/c1-4-7-26-29(32(39)41-5-2)30(25-18-23(35)12-15-27(25)40-3)37-31(38)28(43-33(37)36-26)17-20-10-13-24(14-11-20)42-19-21-8-6-9-22(34)16-21/h6,8-18,30H,4-5,7,19H2,1-3H3/b28-17+/t30-/m1/s1. The fourth-order valence-corrected chi connectivity index (χ4v) is 6.35. The highest BCUT2D eigenvalue weighted by atomic mass is 35.5. The van der Waals surface area contributed by atoms with Crippen LogP contribution in [0.4, 0.5) is 0 Å². The summed E-state index contributed by atoms with van der Waals surface area (Å²) >= 11 is 13.8. The molecule has 1 aliphatic rings. The average molecular weight is 638 g/mol. The molecule has 0 amide bonds. The number of nitrogens with zero attached hydrogens (tertiary/aromatic N) is 2. The number of halogens is 2. The predicted octanol–water partition coefficient (Wildman–Crippen LogP) is 6.47. The topological polar surface area (TPSA) is 79.1 Å². The third-order valence-corrected chi connectivity index (χ3v) is 8.30. The van der Waals surface area contributed by atoms with Crippen LogP contribution in [0.25, 0.3) is 6.08 Å². The molecule has 0 fully saturated rings. The van der Waals surface area contributed by atoms with Crippen molar-refractivity contribution in [1.82, 2.24) is 4.57 Å². The highest BCUT2D eigenvalue weighted by Crippen LogP contribution is 2.38. The number of hydrogen-bond donors (Lipinski definition) is 0. The number of carbonyl (C=O) groups is 1. The van der Waals surface area contributed by atoms with Crippen molar-refractivity contribution in [2.75, 3.05) is 13.7 Å². The van der Waals surface area contributed by atoms with Crippen molar-refractivity contribution < 1.29 is 19.0 Å². The van der Waals surface area contributed by atoms with E-state index in [4.69, 9.17) is 42.4 Å². The van der Waals surface area contributed by atoms with Crippen LogP contribution in [0.1, 0.15) is 49.4 Å². The molecule has 0 bridgehead atoms. The van der Waals surface area contributed by atoms with Crippen LogP contribution in [-0.4, -0.2) is 24.3 Å². The molecule has 43 heavy (non-hydrogen) atoms. The highest BCUT2D eigenvalue weighted by Gasteiger charge is 2.36. The number of rotatable bonds is 10. The van der Waals surface area contributed by atoms with Crippen LogP contribution in [0.5, 0.6) is 11.5 Å². The van der Waals surface area contributed by atoms with Crippen molar-refractivity contribution in [2.24, 2.45) is 4.99 Å². The summed E-state index contributed by atoms with van der Waals surface area (Å²) in [6, 6.07) is 19.3. The molecule has 0 unspecified atom stereocenters. The average Bonchev–Trinajstić information content (AvgIpc) is 3.30. The van der Waals surface area contributed by atoms with Gasteiger partial charge in [-0.1, -0.05) is 72.1 Å². The molecule has 0 radical (unpaired) electrons. The maximum atomic E-state index is 14.0. The number of hydrogen-bond acceptors (Lipinski definition) is 7. The molecule has 3 aromatic carbocycles. The van der Waals surface area contributed by atoms with Crippen molar-refractivity contribution in [1.29, 1.82) is 0 Å². The minimum absolute atomic E-state index is 0.185. The van der Waals surface area contributed by atoms with E-state index in [2.05, 4.69) is 0 Å². The molecule has 1 atom stereocenters. The van der Waals surface area contributed by atoms with Crippen molar-refractivity contribution in [3.8, 4) is 11.5 Å². The maximum Gasteiger partial charge on any atom is 0.338 e. The first-order valence-electron chi connectivity index (χ1n) is 13.9. The molecule has 5 rings (SSSR count). The Kier molecular flexibility index (Phi) is 9.70. The highest BCUT2D eigenvalue weighted by molar-refractivity contribution is 7.07. The van der Waals surface area contributed by atoms with E-state index < -0.39 is 12.0 Å². The predicted molar refractivity (Wildman–Crippen MR) is 170 cm³/mol. The monoisotopic (exact) mass is 636 g/mol. The summed E-state index contributed by atoms with van der Waals surface area (Å²) in [6.45, 7) is 4.33. The molecule has 0 saturated heterocycles. The second-order valence-electron chi connectivity index (χ2n) is 9.79. The normalized spacial score (nSPS) is 14.7. The molecule has 0 spiro atoms. The van der Waals surface area contributed by atoms with E-state index >= 15 is 0 Å². The van der Waals surface area contributed by atoms with Gasteiger partial charge in [0.15, 0.2) is 4.80 Å². The van der Waals surface area contributed by atoms with Crippen LogP contribution in [0.2, 0.25) is 10.0 Å². The van der Waals surface area contributed by atoms with E-state index in [0.717, 1.165) is 17.5 Å². The number of thiazole rings is 1. The first kappa shape index (κ1) is 30.6. The smallest absolute Gasteiger partial charge is 0.338 e. The first-order valence-corrected chi connectivity index (χ1v) is 15.4. The zero-order chi connectivity index (χ0) is 30.5. The minimum atomic E-state index is -0.824. The van der Waals surface area contributed by atoms with Gasteiger partial charge in [-0.3, -0.25) is 9.36 Å². The molecule has 0 N–H and O–H groups in total. The second-order valence-corrected chi connectivity index (χ2v) is 11.7. The van der Waals surface area contributed by atoms with Gasteiger partial charge in [0.1, 0.15) is 24.1 Å². The maximum absolute atomic E-state index is 14.0. The zero-order valence-corrected chi connectivity index (χ0v) is 26.3. The third kappa shape index (κ3) is 6.72. The van der Waals surface area contributed by atoms with Crippen LogP contribution >= 0.6 is 34.5 Å². The molecule has 1 aliphatic heterocycles. The summed E-state index contributed by atoms with van der Waals surface area (Å²) < 4.78 is 19.0. The van der Waals surface area contributed by atoms with Crippen LogP contribution in [0.3, 0.4) is 0 Å². The number of fused-ring (bicyclic) bond motifs is 1. The lowest BCUT2D eigenvalue weighted by molar-refractivity contribution is -0.139. The molecule has 0 aliphatic carbocycles. The van der Waals surface area contributed by atoms with Crippen LogP contribution in [0, 0.1) is 0 Å². The Morgan fingerprint density at radius 3 is 2.51 bits per heavy atom. The molecule has 2 heterocycles. The van der Waals surface area contributed by atoms with E-state index in [9.17, 15) is 9.59 Å². The summed E-state index contributed by atoms with van der Waals surface area (Å²) in [7, 11) is 1.54. The molecule has 1 aromatic heterocycles. The van der Waals surface area contributed by atoms with E-state index in [0.29, 0.717) is 60.7 Å². The Hall–Kier alpha value is -3.85. The van der Waals surface area contributed by atoms with Gasteiger partial charge in [0, 0.05) is 15.6 Å². The van der Waals surface area contributed by atoms with E-state index in [1.165, 1.54) is 11.3 Å². The number of carbonyl (C=O) groups excluding carboxylic acids is 1. The van der Waals surface area contributed by atoms with Crippen molar-refractivity contribution >= 4 is 46.6 Å². The molecule has 4 aromatic rings. The van der Waals surface area contributed by atoms with Crippen LogP contribution in [-0.2, 0) is 16.1 Å². The fourth-order valence-electron chi connectivity index (χ4n) is 4.94. The molecular weight excluding hydrogens is 607 g/mol. The molecule has 7 nitrogen and oxygen atoms in total. The number of esters is 1. The largest absolute Gasteiger partial charge is 0.496 e. The number of ether oxygens (including phenoxy) is 3. The number of aromatic nitrogens is 1. The molecule has 222 valence electrons. The lowest BCUT2D eigenvalue weighted by atomic mass is 9.93. The lowest BCUT2D eigenvalue weighted by Gasteiger charge is -2.27. The Balaban J connectivity index is 1.57. The summed E-state index contributed by atoms with van der Waals surface area (Å²) in [5, 5.41) is 1.11. The van der Waals surface area contributed by atoms with Gasteiger partial charge in [-0.15, -0.1) is 0 Å². The van der Waals surface area contributed by atoms with Crippen molar-refractivity contribution in [3.05, 3.63) is 124 Å².